The van der Waals surface area contributed by atoms with E-state index in [-0.39, 0.29) is 10.6 Å². The molecule has 0 aliphatic carbocycles. The number of aromatic nitrogens is 2. The second-order valence-electron chi connectivity index (χ2n) is 9.38. The highest BCUT2D eigenvalue weighted by atomic mass is 32.2. The molecule has 194 valence electrons. The number of rotatable bonds is 5. The number of benzene rings is 6. The van der Waals surface area contributed by atoms with Gasteiger partial charge < -0.3 is 4.18 Å². The van der Waals surface area contributed by atoms with Crippen LogP contribution in [0.2, 0.25) is 0 Å². The first kappa shape index (κ1) is 24.1. The zero-order valence-electron chi connectivity index (χ0n) is 21.0. The van der Waals surface area contributed by atoms with Crippen molar-refractivity contribution in [1.82, 2.24) is 9.55 Å². The van der Waals surface area contributed by atoms with E-state index in [0.717, 1.165) is 50.4 Å². The van der Waals surface area contributed by atoms with E-state index in [1.54, 1.807) is 18.2 Å². The Morgan fingerprint density at radius 1 is 0.625 bits per heavy atom. The fourth-order valence-electron chi connectivity index (χ4n) is 5.21. The second-order valence-corrected chi connectivity index (χ2v) is 10.9. The number of halogens is 1. The molecule has 5 nitrogen and oxygen atoms in total. The average molecular weight is 545 g/mol. The van der Waals surface area contributed by atoms with Crippen LogP contribution in [0.25, 0.3) is 49.7 Å². The number of hydrogen-bond acceptors (Lipinski definition) is 4. The Labute approximate surface area is 229 Å². The Balaban J connectivity index is 1.54. The maximum Gasteiger partial charge on any atom is 0.339 e. The van der Waals surface area contributed by atoms with Gasteiger partial charge in [0.25, 0.3) is 0 Å². The van der Waals surface area contributed by atoms with Crippen LogP contribution in [0.1, 0.15) is 0 Å². The van der Waals surface area contributed by atoms with E-state index in [0.29, 0.717) is 11.4 Å². The molecule has 0 saturated carbocycles. The quantitative estimate of drug-likeness (QED) is 0.163. The summed E-state index contributed by atoms with van der Waals surface area (Å²) in [7, 11) is -4.24. The van der Waals surface area contributed by atoms with E-state index < -0.39 is 15.9 Å². The molecule has 0 N–H and O–H groups in total. The van der Waals surface area contributed by atoms with Crippen LogP contribution in [0.5, 0.6) is 5.75 Å². The van der Waals surface area contributed by atoms with E-state index >= 15 is 0 Å². The van der Waals surface area contributed by atoms with Crippen molar-refractivity contribution in [1.29, 1.82) is 0 Å². The third kappa shape index (κ3) is 3.90. The first-order valence-electron chi connectivity index (χ1n) is 12.7. The topological polar surface area (TPSA) is 61.2 Å². The molecule has 7 aromatic rings. The molecular weight excluding hydrogens is 523 g/mol. The Hall–Kier alpha value is -5.01. The smallest absolute Gasteiger partial charge is 0.339 e. The molecule has 0 bridgehead atoms. The standard InChI is InChI=1S/C33H21FN2O3S/c34-22-18-20-24(21-19-22)40(37,38)39-30-17-9-8-16-29(30)33-35-31-27-14-6-4-12-25(27)26-13-5-7-15-28(26)32(31)36(33)23-10-2-1-3-11-23/h1-21H. The zero-order valence-corrected chi connectivity index (χ0v) is 21.8. The summed E-state index contributed by atoms with van der Waals surface area (Å²) < 4.78 is 47.6. The zero-order chi connectivity index (χ0) is 27.3. The van der Waals surface area contributed by atoms with Crippen LogP contribution in [0.4, 0.5) is 4.39 Å². The first-order chi connectivity index (χ1) is 19.5. The minimum Gasteiger partial charge on any atom is -0.378 e. The number of imidazole rings is 1. The van der Waals surface area contributed by atoms with Gasteiger partial charge in [-0.25, -0.2) is 9.37 Å². The molecule has 6 aromatic carbocycles. The van der Waals surface area contributed by atoms with Crippen LogP contribution in [0.3, 0.4) is 0 Å². The van der Waals surface area contributed by atoms with Gasteiger partial charge in [0.2, 0.25) is 0 Å². The minimum atomic E-state index is -4.24. The molecule has 0 fully saturated rings. The van der Waals surface area contributed by atoms with Gasteiger partial charge in [-0.3, -0.25) is 4.57 Å². The molecule has 1 aromatic heterocycles. The van der Waals surface area contributed by atoms with Crippen molar-refractivity contribution in [3.05, 3.63) is 133 Å². The van der Waals surface area contributed by atoms with Gasteiger partial charge >= 0.3 is 10.1 Å². The van der Waals surface area contributed by atoms with Crippen LogP contribution in [0, 0.1) is 5.82 Å². The molecule has 0 aliphatic rings. The van der Waals surface area contributed by atoms with Gasteiger partial charge in [0.15, 0.2) is 5.75 Å². The lowest BCUT2D eigenvalue weighted by atomic mass is 10.00. The normalized spacial score (nSPS) is 11.8. The minimum absolute atomic E-state index is 0.118. The van der Waals surface area contributed by atoms with Crippen molar-refractivity contribution in [2.75, 3.05) is 0 Å². The van der Waals surface area contributed by atoms with Gasteiger partial charge in [-0.05, 0) is 59.3 Å². The number of hydrogen-bond donors (Lipinski definition) is 0. The predicted octanol–water partition coefficient (Wildman–Crippen LogP) is 7.91. The molecule has 7 heteroatoms. The van der Waals surface area contributed by atoms with Crippen molar-refractivity contribution in [2.45, 2.75) is 4.90 Å². The van der Waals surface area contributed by atoms with Crippen LogP contribution in [-0.2, 0) is 10.1 Å². The van der Waals surface area contributed by atoms with Gasteiger partial charge in [0.1, 0.15) is 16.5 Å². The predicted molar refractivity (Wildman–Crippen MR) is 156 cm³/mol. The second kappa shape index (κ2) is 9.32. The average Bonchev–Trinajstić information content (AvgIpc) is 3.39. The summed E-state index contributed by atoms with van der Waals surface area (Å²) in [5.41, 5.74) is 3.08. The van der Waals surface area contributed by atoms with Crippen LogP contribution < -0.4 is 4.18 Å². The fraction of sp³-hybridized carbons (Fsp3) is 0. The Morgan fingerprint density at radius 3 is 1.93 bits per heavy atom. The summed E-state index contributed by atoms with van der Waals surface area (Å²) in [6, 6.07) is 37.7. The van der Waals surface area contributed by atoms with Crippen molar-refractivity contribution < 1.29 is 17.0 Å². The summed E-state index contributed by atoms with van der Waals surface area (Å²) in [6.45, 7) is 0. The molecule has 0 saturated heterocycles. The lowest BCUT2D eigenvalue weighted by Crippen LogP contribution is -2.11. The van der Waals surface area contributed by atoms with Crippen molar-refractivity contribution >= 4 is 42.7 Å². The molecule has 0 amide bonds. The molecule has 0 spiro atoms. The van der Waals surface area contributed by atoms with Crippen LogP contribution >= 0.6 is 0 Å². The van der Waals surface area contributed by atoms with Gasteiger partial charge in [0, 0.05) is 16.5 Å². The van der Waals surface area contributed by atoms with Gasteiger partial charge in [-0.1, -0.05) is 78.9 Å². The van der Waals surface area contributed by atoms with Gasteiger partial charge in [-0.2, -0.15) is 8.42 Å². The van der Waals surface area contributed by atoms with Gasteiger partial charge in [0.05, 0.1) is 16.6 Å². The third-order valence-electron chi connectivity index (χ3n) is 6.98. The van der Waals surface area contributed by atoms with E-state index in [2.05, 4.69) is 28.8 Å². The number of fused-ring (bicyclic) bond motifs is 6. The molecule has 7 rings (SSSR count). The maximum atomic E-state index is 13.5. The fourth-order valence-corrected chi connectivity index (χ4v) is 6.15. The van der Waals surface area contributed by atoms with E-state index in [1.807, 2.05) is 60.7 Å². The summed E-state index contributed by atoms with van der Waals surface area (Å²) in [5.74, 6) is 0.121. The van der Waals surface area contributed by atoms with Crippen molar-refractivity contribution in [3.8, 4) is 22.8 Å². The van der Waals surface area contributed by atoms with Gasteiger partial charge in [-0.15, -0.1) is 0 Å². The summed E-state index contributed by atoms with van der Waals surface area (Å²) >= 11 is 0. The lowest BCUT2D eigenvalue weighted by molar-refractivity contribution is 0.486. The molecule has 0 radical (unpaired) electrons. The molecular formula is C33H21FN2O3S. The lowest BCUT2D eigenvalue weighted by Gasteiger charge is -2.14. The number of nitrogens with zero attached hydrogens (tertiary/aromatic N) is 2. The van der Waals surface area contributed by atoms with Crippen molar-refractivity contribution in [2.24, 2.45) is 0 Å². The Bertz CT molecular complexity index is 2160. The maximum absolute atomic E-state index is 13.5. The summed E-state index contributed by atoms with van der Waals surface area (Å²) in [5, 5.41) is 4.19. The number of para-hydroxylation sites is 2. The van der Waals surface area contributed by atoms with E-state index in [1.165, 1.54) is 12.1 Å². The molecule has 0 aliphatic heterocycles. The highest BCUT2D eigenvalue weighted by molar-refractivity contribution is 7.87. The van der Waals surface area contributed by atoms with Crippen LogP contribution in [0.15, 0.2) is 132 Å². The summed E-state index contributed by atoms with van der Waals surface area (Å²) in [4.78, 5) is 5.01. The largest absolute Gasteiger partial charge is 0.378 e. The van der Waals surface area contributed by atoms with Crippen LogP contribution in [-0.4, -0.2) is 18.0 Å². The third-order valence-corrected chi connectivity index (χ3v) is 8.22. The summed E-state index contributed by atoms with van der Waals surface area (Å²) in [6.07, 6.45) is 0. The molecule has 0 unspecified atom stereocenters. The molecule has 1 heterocycles. The highest BCUT2D eigenvalue weighted by Gasteiger charge is 2.24. The Kier molecular flexibility index (Phi) is 5.61. The highest BCUT2D eigenvalue weighted by Crippen LogP contribution is 2.41. The molecule has 40 heavy (non-hydrogen) atoms. The van der Waals surface area contributed by atoms with E-state index in [9.17, 15) is 12.8 Å². The molecule has 0 atom stereocenters. The SMILES string of the molecule is O=S(=O)(Oc1ccccc1-c1nc2c3ccccc3c3ccccc3c2n1-c1ccccc1)c1ccc(F)cc1. The monoisotopic (exact) mass is 544 g/mol. The van der Waals surface area contributed by atoms with E-state index in [4.69, 9.17) is 9.17 Å². The first-order valence-corrected chi connectivity index (χ1v) is 14.1. The Morgan fingerprint density at radius 2 is 1.20 bits per heavy atom. The van der Waals surface area contributed by atoms with Crippen molar-refractivity contribution in [3.63, 3.8) is 0 Å².